The van der Waals surface area contributed by atoms with E-state index in [2.05, 4.69) is 10.2 Å². The van der Waals surface area contributed by atoms with Gasteiger partial charge < -0.3 is 5.11 Å². The Balaban J connectivity index is 1.88. The van der Waals surface area contributed by atoms with Gasteiger partial charge in [0, 0.05) is 16.1 Å². The molecule has 0 aliphatic heterocycles. The lowest BCUT2D eigenvalue weighted by Crippen LogP contribution is -2.07. The summed E-state index contributed by atoms with van der Waals surface area (Å²) in [5, 5.41) is 18.8. The van der Waals surface area contributed by atoms with Gasteiger partial charge in [0.1, 0.15) is 5.76 Å². The third kappa shape index (κ3) is 2.94. The van der Waals surface area contributed by atoms with Crippen LogP contribution in [0.1, 0.15) is 28.4 Å². The number of Topliss-reactive ketones (excluding diaryl/α,β-unsaturated/α-hetero) is 1. The van der Waals surface area contributed by atoms with E-state index in [9.17, 15) is 9.90 Å². The van der Waals surface area contributed by atoms with Crippen LogP contribution in [0.4, 0.5) is 0 Å². The maximum absolute atomic E-state index is 12.4. The number of carbonyl (C=O) groups is 1. The first-order valence-electron chi connectivity index (χ1n) is 6.99. The van der Waals surface area contributed by atoms with Crippen molar-refractivity contribution in [3.05, 3.63) is 75.8 Å². The number of hydrogen-bond donors (Lipinski definition) is 1. The van der Waals surface area contributed by atoms with Crippen molar-refractivity contribution < 1.29 is 9.90 Å². The van der Waals surface area contributed by atoms with Gasteiger partial charge in [0.05, 0.1) is 17.5 Å². The van der Waals surface area contributed by atoms with E-state index >= 15 is 0 Å². The Bertz CT molecular complexity index is 882. The second-order valence-electron chi connectivity index (χ2n) is 5.08. The number of allylic oxidation sites excluding steroid dienone is 1. The summed E-state index contributed by atoms with van der Waals surface area (Å²) in [5.74, 6) is -0.290. The highest BCUT2D eigenvalue weighted by Crippen LogP contribution is 2.31. The summed E-state index contributed by atoms with van der Waals surface area (Å²) < 4.78 is 0. The van der Waals surface area contributed by atoms with E-state index < -0.39 is 0 Å². The monoisotopic (exact) mass is 324 g/mol. The Morgan fingerprint density at radius 3 is 2.57 bits per heavy atom. The maximum atomic E-state index is 12.4. The molecule has 0 bridgehead atoms. The smallest absolute Gasteiger partial charge is 0.199 e. The fourth-order valence-electron chi connectivity index (χ4n) is 2.42. The van der Waals surface area contributed by atoms with Crippen LogP contribution in [0.3, 0.4) is 0 Å². The standard InChI is InChI=1S/C18H13ClN2O2/c1-11(21-20-10-12-5-4-6-13(19)9-12)16-17(22)14-7-2-3-8-15(14)18(16)23/h2-10,22H,1H3/b20-10-,21-11+. The van der Waals surface area contributed by atoms with Crippen LogP contribution in [0, 0.1) is 0 Å². The number of carbonyl (C=O) groups excluding carboxylic acids is 1. The Morgan fingerprint density at radius 2 is 1.87 bits per heavy atom. The Morgan fingerprint density at radius 1 is 1.13 bits per heavy atom. The van der Waals surface area contributed by atoms with E-state index in [1.165, 1.54) is 0 Å². The quantitative estimate of drug-likeness (QED) is 0.676. The van der Waals surface area contributed by atoms with Gasteiger partial charge in [-0.05, 0) is 24.6 Å². The van der Waals surface area contributed by atoms with Crippen LogP contribution in [0.25, 0.3) is 5.76 Å². The zero-order valence-electron chi connectivity index (χ0n) is 12.3. The van der Waals surface area contributed by atoms with Crippen LogP contribution in [-0.4, -0.2) is 22.8 Å². The van der Waals surface area contributed by atoms with E-state index in [-0.39, 0.29) is 17.1 Å². The van der Waals surface area contributed by atoms with Crippen molar-refractivity contribution in [1.29, 1.82) is 0 Å². The molecule has 0 radical (unpaired) electrons. The van der Waals surface area contributed by atoms with Crippen molar-refractivity contribution in [3.63, 3.8) is 0 Å². The van der Waals surface area contributed by atoms with Crippen molar-refractivity contribution in [2.75, 3.05) is 0 Å². The number of aliphatic hydroxyl groups is 1. The van der Waals surface area contributed by atoms with Crippen molar-refractivity contribution >= 4 is 35.1 Å². The molecule has 0 saturated heterocycles. The van der Waals surface area contributed by atoms with Crippen molar-refractivity contribution in [2.45, 2.75) is 6.92 Å². The van der Waals surface area contributed by atoms with E-state index in [0.717, 1.165) is 5.56 Å². The summed E-state index contributed by atoms with van der Waals surface area (Å²) in [6.07, 6.45) is 1.54. The number of aliphatic hydroxyl groups excluding tert-OH is 1. The highest BCUT2D eigenvalue weighted by Gasteiger charge is 2.30. The summed E-state index contributed by atoms with van der Waals surface area (Å²) in [7, 11) is 0. The molecule has 0 heterocycles. The zero-order chi connectivity index (χ0) is 16.4. The van der Waals surface area contributed by atoms with Gasteiger partial charge in [-0.25, -0.2) is 0 Å². The molecule has 0 spiro atoms. The summed E-state index contributed by atoms with van der Waals surface area (Å²) >= 11 is 5.90. The summed E-state index contributed by atoms with van der Waals surface area (Å²) in [4.78, 5) is 12.4. The van der Waals surface area contributed by atoms with Gasteiger partial charge in [0.2, 0.25) is 0 Å². The molecule has 1 aliphatic rings. The highest BCUT2D eigenvalue weighted by atomic mass is 35.5. The molecule has 114 valence electrons. The average molecular weight is 325 g/mol. The number of fused-ring (bicyclic) bond motifs is 1. The van der Waals surface area contributed by atoms with Crippen LogP contribution >= 0.6 is 11.6 Å². The molecule has 1 N–H and O–H groups in total. The normalized spacial score (nSPS) is 14.7. The maximum Gasteiger partial charge on any atom is 0.199 e. The van der Waals surface area contributed by atoms with Gasteiger partial charge >= 0.3 is 0 Å². The zero-order valence-corrected chi connectivity index (χ0v) is 13.1. The summed E-state index contributed by atoms with van der Waals surface area (Å²) in [6, 6.07) is 14.1. The Hall–Kier alpha value is -2.72. The first-order chi connectivity index (χ1) is 11.1. The third-order valence-corrected chi connectivity index (χ3v) is 3.75. The van der Waals surface area contributed by atoms with Crippen LogP contribution in [0.15, 0.2) is 64.3 Å². The molecule has 0 fully saturated rings. The molecule has 2 aromatic carbocycles. The van der Waals surface area contributed by atoms with E-state index in [1.807, 2.05) is 12.1 Å². The molecule has 0 unspecified atom stereocenters. The van der Waals surface area contributed by atoms with Gasteiger partial charge in [-0.2, -0.15) is 10.2 Å². The number of hydrogen-bond acceptors (Lipinski definition) is 4. The fourth-order valence-corrected chi connectivity index (χ4v) is 2.62. The van der Waals surface area contributed by atoms with Crippen LogP contribution < -0.4 is 0 Å². The van der Waals surface area contributed by atoms with Gasteiger partial charge in [0.15, 0.2) is 5.78 Å². The van der Waals surface area contributed by atoms with E-state index in [1.54, 1.807) is 49.5 Å². The van der Waals surface area contributed by atoms with Crippen molar-refractivity contribution in [2.24, 2.45) is 10.2 Å². The minimum absolute atomic E-state index is 0.0511. The van der Waals surface area contributed by atoms with Gasteiger partial charge in [-0.1, -0.05) is 48.0 Å². The second kappa shape index (κ2) is 6.18. The van der Waals surface area contributed by atoms with E-state index in [4.69, 9.17) is 11.6 Å². The molecular formula is C18H13ClN2O2. The Kier molecular flexibility index (Phi) is 4.08. The predicted octanol–water partition coefficient (Wildman–Crippen LogP) is 4.30. The molecule has 1 aliphatic carbocycles. The largest absolute Gasteiger partial charge is 0.506 e. The molecule has 0 saturated carbocycles. The molecule has 0 atom stereocenters. The van der Waals surface area contributed by atoms with Crippen LogP contribution in [-0.2, 0) is 0 Å². The lowest BCUT2D eigenvalue weighted by Gasteiger charge is -1.99. The average Bonchev–Trinajstić information content (AvgIpc) is 2.79. The number of ketones is 1. The number of rotatable bonds is 3. The second-order valence-corrected chi connectivity index (χ2v) is 5.52. The van der Waals surface area contributed by atoms with Gasteiger partial charge in [-0.15, -0.1) is 0 Å². The predicted molar refractivity (Wildman–Crippen MR) is 92.5 cm³/mol. The lowest BCUT2D eigenvalue weighted by molar-refractivity contribution is 0.104. The first-order valence-corrected chi connectivity index (χ1v) is 7.36. The highest BCUT2D eigenvalue weighted by molar-refractivity contribution is 6.35. The molecule has 0 amide bonds. The van der Waals surface area contributed by atoms with Gasteiger partial charge in [-0.3, -0.25) is 4.79 Å². The molecular weight excluding hydrogens is 312 g/mol. The first kappa shape index (κ1) is 15.2. The third-order valence-electron chi connectivity index (χ3n) is 3.52. The molecule has 4 nitrogen and oxygen atoms in total. The molecule has 2 aromatic rings. The Labute approximate surface area is 138 Å². The number of benzene rings is 2. The summed E-state index contributed by atoms with van der Waals surface area (Å²) in [6.45, 7) is 1.64. The SMILES string of the molecule is C/C(=N\N=C/c1cccc(Cl)c1)C1=C(O)c2ccccc2C1=O. The molecule has 23 heavy (non-hydrogen) atoms. The lowest BCUT2D eigenvalue weighted by atomic mass is 10.1. The number of halogens is 1. The van der Waals surface area contributed by atoms with Crippen LogP contribution in [0.2, 0.25) is 5.02 Å². The minimum Gasteiger partial charge on any atom is -0.506 e. The topological polar surface area (TPSA) is 62.0 Å². The fraction of sp³-hybridized carbons (Fsp3) is 0.0556. The minimum atomic E-state index is -0.239. The van der Waals surface area contributed by atoms with Crippen molar-refractivity contribution in [3.8, 4) is 0 Å². The van der Waals surface area contributed by atoms with E-state index in [0.29, 0.717) is 21.9 Å². The summed E-state index contributed by atoms with van der Waals surface area (Å²) in [5.41, 5.74) is 2.36. The van der Waals surface area contributed by atoms with Crippen LogP contribution in [0.5, 0.6) is 0 Å². The molecule has 0 aromatic heterocycles. The number of nitrogens with zero attached hydrogens (tertiary/aromatic N) is 2. The molecule has 5 heteroatoms. The van der Waals surface area contributed by atoms with Crippen molar-refractivity contribution in [1.82, 2.24) is 0 Å². The molecule has 3 rings (SSSR count). The van der Waals surface area contributed by atoms with Gasteiger partial charge in [0.25, 0.3) is 0 Å².